The van der Waals surface area contributed by atoms with Crippen LogP contribution in [0.2, 0.25) is 0 Å². The van der Waals surface area contributed by atoms with Crippen LogP contribution in [-0.2, 0) is 65.4 Å². The molecule has 0 aliphatic carbocycles. The molecular weight excluding hydrogens is 358 g/mol. The summed E-state index contributed by atoms with van der Waals surface area (Å²) in [4.78, 5) is 0. The standard InChI is InChI=1S/C15H10.2Y/c1-11-14-8-4-2-6-12(14)10-13-7-3-5-9-15(11)13;;/h2-5,8-10H,1H3;;/q-2;;. The van der Waals surface area contributed by atoms with Crippen LogP contribution in [0, 0.1) is 19.1 Å². The summed E-state index contributed by atoms with van der Waals surface area (Å²) in [5, 5.41) is 4.91. The first-order chi connectivity index (χ1) is 7.36. The number of benzene rings is 3. The van der Waals surface area contributed by atoms with Gasteiger partial charge in [0.05, 0.1) is 0 Å². The SMILES string of the molecule is Cc1c2ccc[c-]c2cc2[c-]cccc12.[Y].[Y]. The van der Waals surface area contributed by atoms with Crippen LogP contribution >= 0.6 is 0 Å². The third-order valence-corrected chi connectivity index (χ3v) is 2.87. The second-order valence-corrected chi connectivity index (χ2v) is 3.76. The summed E-state index contributed by atoms with van der Waals surface area (Å²) in [6, 6.07) is 21.0. The molecule has 0 fully saturated rings. The van der Waals surface area contributed by atoms with Gasteiger partial charge in [-0.25, -0.2) is 0 Å². The first-order valence-electron chi connectivity index (χ1n) is 5.07. The van der Waals surface area contributed by atoms with Gasteiger partial charge < -0.3 is 0 Å². The molecule has 0 nitrogen and oxygen atoms in total. The average Bonchev–Trinajstić information content (AvgIpc) is 2.30. The molecular formula is C15H10Y2-2. The van der Waals surface area contributed by atoms with Crippen LogP contribution in [0.3, 0.4) is 0 Å². The van der Waals surface area contributed by atoms with Gasteiger partial charge in [0.1, 0.15) is 0 Å². The van der Waals surface area contributed by atoms with Crippen molar-refractivity contribution in [1.29, 1.82) is 0 Å². The fourth-order valence-corrected chi connectivity index (χ4v) is 2.08. The van der Waals surface area contributed by atoms with E-state index in [1.807, 2.05) is 24.3 Å². The van der Waals surface area contributed by atoms with E-state index in [1.54, 1.807) is 0 Å². The van der Waals surface area contributed by atoms with Crippen molar-refractivity contribution in [2.75, 3.05) is 0 Å². The van der Waals surface area contributed by atoms with Crippen LogP contribution < -0.4 is 0 Å². The number of fused-ring (bicyclic) bond motifs is 2. The van der Waals surface area contributed by atoms with Crippen LogP contribution in [0.5, 0.6) is 0 Å². The monoisotopic (exact) mass is 368 g/mol. The number of hydrogen-bond donors (Lipinski definition) is 0. The van der Waals surface area contributed by atoms with Crippen molar-refractivity contribution in [3.63, 3.8) is 0 Å². The van der Waals surface area contributed by atoms with Crippen molar-refractivity contribution in [2.24, 2.45) is 0 Å². The molecule has 0 aromatic heterocycles. The minimum absolute atomic E-state index is 0. The van der Waals surface area contributed by atoms with Crippen LogP contribution in [-0.4, -0.2) is 0 Å². The molecule has 3 rings (SSSR count). The van der Waals surface area contributed by atoms with Gasteiger partial charge in [-0.2, -0.15) is 0 Å². The van der Waals surface area contributed by atoms with Crippen LogP contribution in [0.1, 0.15) is 5.56 Å². The predicted molar refractivity (Wildman–Crippen MR) is 63.9 cm³/mol. The molecule has 0 atom stereocenters. The third kappa shape index (κ3) is 2.87. The average molecular weight is 368 g/mol. The fraction of sp³-hybridized carbons (Fsp3) is 0.0667. The van der Waals surface area contributed by atoms with Gasteiger partial charge in [0.2, 0.25) is 0 Å². The summed E-state index contributed by atoms with van der Waals surface area (Å²) >= 11 is 0. The molecule has 0 heterocycles. The Morgan fingerprint density at radius 3 is 1.76 bits per heavy atom. The summed E-state index contributed by atoms with van der Waals surface area (Å²) in [6.07, 6.45) is 0. The topological polar surface area (TPSA) is 0 Å². The zero-order valence-electron chi connectivity index (χ0n) is 9.70. The van der Waals surface area contributed by atoms with E-state index in [1.165, 1.54) is 27.1 Å². The summed E-state index contributed by atoms with van der Waals surface area (Å²) < 4.78 is 0. The molecule has 3 aromatic rings. The van der Waals surface area contributed by atoms with Crippen LogP contribution in [0.4, 0.5) is 0 Å². The third-order valence-electron chi connectivity index (χ3n) is 2.87. The van der Waals surface area contributed by atoms with E-state index in [4.69, 9.17) is 0 Å². The van der Waals surface area contributed by atoms with Crippen LogP contribution in [0.25, 0.3) is 21.5 Å². The molecule has 0 amide bonds. The van der Waals surface area contributed by atoms with Gasteiger partial charge in [-0.3, -0.25) is 0 Å². The maximum Gasteiger partial charge on any atom is 0 e. The Labute approximate surface area is 152 Å². The Morgan fingerprint density at radius 2 is 1.29 bits per heavy atom. The van der Waals surface area contributed by atoms with Crippen LogP contribution in [0.15, 0.2) is 42.5 Å². The van der Waals surface area contributed by atoms with Gasteiger partial charge in [0, 0.05) is 65.4 Å². The van der Waals surface area contributed by atoms with E-state index in [9.17, 15) is 0 Å². The summed E-state index contributed by atoms with van der Waals surface area (Å²) in [5.41, 5.74) is 1.32. The van der Waals surface area contributed by atoms with E-state index in [-0.39, 0.29) is 65.4 Å². The molecule has 0 unspecified atom stereocenters. The van der Waals surface area contributed by atoms with Crippen molar-refractivity contribution in [3.8, 4) is 0 Å². The van der Waals surface area contributed by atoms with E-state index < -0.39 is 0 Å². The summed E-state index contributed by atoms with van der Waals surface area (Å²) in [5.74, 6) is 0. The molecule has 0 N–H and O–H groups in total. The summed E-state index contributed by atoms with van der Waals surface area (Å²) in [6.45, 7) is 2.16. The van der Waals surface area contributed by atoms with Gasteiger partial charge in [-0.05, 0) is 0 Å². The predicted octanol–water partition coefficient (Wildman–Crippen LogP) is 3.90. The Kier molecular flexibility index (Phi) is 5.93. The number of hydrogen-bond acceptors (Lipinski definition) is 0. The molecule has 2 heteroatoms. The largest absolute Gasteiger partial charge is 0.147 e. The van der Waals surface area contributed by atoms with E-state index in [2.05, 4.69) is 37.3 Å². The molecule has 0 bridgehead atoms. The maximum absolute atomic E-state index is 3.26. The Bertz CT molecular complexity index is 591. The first-order valence-corrected chi connectivity index (χ1v) is 5.07. The molecule has 0 spiro atoms. The van der Waals surface area contributed by atoms with Crippen molar-refractivity contribution in [1.82, 2.24) is 0 Å². The van der Waals surface area contributed by atoms with Gasteiger partial charge in [0.25, 0.3) is 0 Å². The fourth-order valence-electron chi connectivity index (χ4n) is 2.08. The van der Waals surface area contributed by atoms with Crippen molar-refractivity contribution < 1.29 is 65.4 Å². The molecule has 78 valence electrons. The number of aryl methyl sites for hydroxylation is 1. The van der Waals surface area contributed by atoms with Crippen molar-refractivity contribution >= 4 is 21.5 Å². The molecule has 0 saturated carbocycles. The van der Waals surface area contributed by atoms with E-state index in [0.717, 1.165) is 0 Å². The van der Waals surface area contributed by atoms with E-state index in [0.29, 0.717) is 0 Å². The van der Waals surface area contributed by atoms with Gasteiger partial charge >= 0.3 is 0 Å². The van der Waals surface area contributed by atoms with E-state index >= 15 is 0 Å². The quantitative estimate of drug-likeness (QED) is 0.417. The number of rotatable bonds is 0. The normalized spacial score (nSPS) is 9.71. The zero-order chi connectivity index (χ0) is 10.3. The van der Waals surface area contributed by atoms with Gasteiger partial charge in [-0.15, -0.1) is 81.7 Å². The Morgan fingerprint density at radius 1 is 0.824 bits per heavy atom. The van der Waals surface area contributed by atoms with Gasteiger partial charge in [-0.1, -0.05) is 6.92 Å². The molecule has 17 heavy (non-hydrogen) atoms. The molecule has 0 aliphatic heterocycles. The maximum atomic E-state index is 3.26. The zero-order valence-corrected chi connectivity index (χ0v) is 15.4. The smallest absolute Gasteiger partial charge is 0 e. The van der Waals surface area contributed by atoms with Crippen molar-refractivity contribution in [2.45, 2.75) is 6.92 Å². The molecule has 0 aliphatic rings. The second kappa shape index (κ2) is 6.52. The summed E-state index contributed by atoms with van der Waals surface area (Å²) in [7, 11) is 0. The Hall–Kier alpha value is 0.388. The second-order valence-electron chi connectivity index (χ2n) is 3.76. The first kappa shape index (κ1) is 15.4. The minimum atomic E-state index is 0. The molecule has 2 radical (unpaired) electrons. The minimum Gasteiger partial charge on any atom is -0.147 e. The van der Waals surface area contributed by atoms with Gasteiger partial charge in [0.15, 0.2) is 0 Å². The Balaban J connectivity index is 0.000000722. The molecule has 3 aromatic carbocycles. The molecule has 0 saturated heterocycles. The van der Waals surface area contributed by atoms with Crippen molar-refractivity contribution in [3.05, 3.63) is 60.2 Å².